The highest BCUT2D eigenvalue weighted by Crippen LogP contribution is 2.34. The van der Waals surface area contributed by atoms with Crippen molar-refractivity contribution in [2.75, 3.05) is 14.2 Å². The van der Waals surface area contributed by atoms with E-state index in [1.807, 2.05) is 0 Å². The van der Waals surface area contributed by atoms with Crippen molar-refractivity contribution in [3.63, 3.8) is 0 Å². The molecule has 0 spiro atoms. The molecular weight excluding hydrogens is 314 g/mol. The van der Waals surface area contributed by atoms with Crippen LogP contribution < -0.4 is 20.5 Å². The van der Waals surface area contributed by atoms with Crippen LogP contribution in [0.1, 0.15) is 5.56 Å². The molecule has 3 N–H and O–H groups in total. The lowest BCUT2D eigenvalue weighted by atomic mass is 10.1. The predicted molar refractivity (Wildman–Crippen MR) is 75.0 cm³/mol. The molecule has 0 saturated heterocycles. The number of aliphatic imine (C=N–C) groups is 1. The van der Waals surface area contributed by atoms with Crippen molar-refractivity contribution in [3.05, 3.63) is 27.9 Å². The van der Waals surface area contributed by atoms with E-state index in [2.05, 4.69) is 26.2 Å². The Morgan fingerprint density at radius 3 is 2.53 bits per heavy atom. The van der Waals surface area contributed by atoms with Crippen molar-refractivity contribution in [3.8, 4) is 11.5 Å². The molecule has 0 bridgehead atoms. The molecule has 100 valence electrons. The van der Waals surface area contributed by atoms with Gasteiger partial charge in [0.25, 0.3) is 5.91 Å². The van der Waals surface area contributed by atoms with Crippen LogP contribution in [0.25, 0.3) is 6.08 Å². The summed E-state index contributed by atoms with van der Waals surface area (Å²) < 4.78 is 11.2. The van der Waals surface area contributed by atoms with Crippen LogP contribution in [0.4, 0.5) is 0 Å². The minimum atomic E-state index is -0.346. The average molecular weight is 326 g/mol. The van der Waals surface area contributed by atoms with E-state index in [1.54, 1.807) is 32.4 Å². The van der Waals surface area contributed by atoms with E-state index in [0.717, 1.165) is 4.47 Å². The minimum absolute atomic E-state index is 0.0827. The first-order valence-corrected chi connectivity index (χ1v) is 6.13. The van der Waals surface area contributed by atoms with Crippen LogP contribution in [0.3, 0.4) is 0 Å². The SMILES string of the molecule is COc1cc(/C=C2\N=C(N)NC2=O)c(OC)cc1Br. The van der Waals surface area contributed by atoms with Gasteiger partial charge in [-0.2, -0.15) is 0 Å². The van der Waals surface area contributed by atoms with Crippen LogP contribution in [0, 0.1) is 0 Å². The standard InChI is InChI=1S/C12H12BrN3O3/c1-18-9-5-7(13)10(19-2)4-6(9)3-8-11(17)16-12(14)15-8/h3-5H,1-2H3,(H3,14,15,16,17)/b8-3-. The number of guanidine groups is 1. The highest BCUT2D eigenvalue weighted by atomic mass is 79.9. The van der Waals surface area contributed by atoms with Gasteiger partial charge < -0.3 is 15.2 Å². The van der Waals surface area contributed by atoms with Crippen molar-refractivity contribution >= 4 is 33.9 Å². The van der Waals surface area contributed by atoms with Crippen LogP contribution in [0.2, 0.25) is 0 Å². The maximum absolute atomic E-state index is 11.6. The van der Waals surface area contributed by atoms with Gasteiger partial charge >= 0.3 is 0 Å². The second kappa shape index (κ2) is 5.31. The maximum atomic E-state index is 11.6. The Morgan fingerprint density at radius 1 is 1.32 bits per heavy atom. The summed E-state index contributed by atoms with van der Waals surface area (Å²) in [5.41, 5.74) is 6.33. The lowest BCUT2D eigenvalue weighted by Gasteiger charge is -2.09. The second-order valence-corrected chi connectivity index (χ2v) is 4.56. The van der Waals surface area contributed by atoms with Gasteiger partial charge in [0.1, 0.15) is 17.2 Å². The fourth-order valence-corrected chi connectivity index (χ4v) is 2.12. The van der Waals surface area contributed by atoms with Gasteiger partial charge in [-0.15, -0.1) is 0 Å². The average Bonchev–Trinajstić information content (AvgIpc) is 2.69. The van der Waals surface area contributed by atoms with Gasteiger partial charge in [-0.05, 0) is 34.1 Å². The Labute approximate surface area is 118 Å². The molecule has 1 aliphatic heterocycles. The second-order valence-electron chi connectivity index (χ2n) is 3.71. The Hall–Kier alpha value is -2.02. The molecule has 1 aromatic rings. The number of rotatable bonds is 3. The van der Waals surface area contributed by atoms with Crippen LogP contribution in [0.5, 0.6) is 11.5 Å². The molecule has 7 heteroatoms. The zero-order valence-corrected chi connectivity index (χ0v) is 11.9. The van der Waals surface area contributed by atoms with Crippen LogP contribution >= 0.6 is 15.9 Å². The number of carbonyl (C=O) groups is 1. The number of hydrogen-bond acceptors (Lipinski definition) is 5. The van der Waals surface area contributed by atoms with Crippen molar-refractivity contribution < 1.29 is 14.3 Å². The summed E-state index contributed by atoms with van der Waals surface area (Å²) in [4.78, 5) is 15.5. The zero-order valence-electron chi connectivity index (χ0n) is 10.4. The minimum Gasteiger partial charge on any atom is -0.496 e. The number of hydrogen-bond donors (Lipinski definition) is 2. The van der Waals surface area contributed by atoms with E-state index in [9.17, 15) is 4.79 Å². The normalized spacial score (nSPS) is 16.3. The third-order valence-corrected chi connectivity index (χ3v) is 3.13. The van der Waals surface area contributed by atoms with Gasteiger partial charge in [0, 0.05) is 5.56 Å². The molecule has 0 unspecified atom stereocenters. The van der Waals surface area contributed by atoms with Gasteiger partial charge in [0.15, 0.2) is 0 Å². The maximum Gasteiger partial charge on any atom is 0.276 e. The molecule has 0 aromatic heterocycles. The predicted octanol–water partition coefficient (Wildman–Crippen LogP) is 1.25. The summed E-state index contributed by atoms with van der Waals surface area (Å²) in [6.45, 7) is 0. The fourth-order valence-electron chi connectivity index (χ4n) is 1.63. The van der Waals surface area contributed by atoms with Crippen LogP contribution in [-0.4, -0.2) is 26.1 Å². The molecule has 0 saturated carbocycles. The Balaban J connectivity index is 2.50. The number of methoxy groups -OCH3 is 2. The van der Waals surface area contributed by atoms with Crippen molar-refractivity contribution in [2.24, 2.45) is 10.7 Å². The molecule has 0 radical (unpaired) electrons. The molecular formula is C12H12BrN3O3. The van der Waals surface area contributed by atoms with E-state index in [-0.39, 0.29) is 17.6 Å². The molecule has 0 aliphatic carbocycles. The van der Waals surface area contributed by atoms with Crippen LogP contribution in [0.15, 0.2) is 27.3 Å². The number of carbonyl (C=O) groups excluding carboxylic acids is 1. The molecule has 19 heavy (non-hydrogen) atoms. The highest BCUT2D eigenvalue weighted by molar-refractivity contribution is 9.10. The fraction of sp³-hybridized carbons (Fsp3) is 0.167. The first kappa shape index (κ1) is 13.4. The summed E-state index contributed by atoms with van der Waals surface area (Å²) in [5.74, 6) is 0.956. The third kappa shape index (κ3) is 2.70. The van der Waals surface area contributed by atoms with Gasteiger partial charge in [-0.25, -0.2) is 4.99 Å². The topological polar surface area (TPSA) is 85.9 Å². The summed E-state index contributed by atoms with van der Waals surface area (Å²) in [6.07, 6.45) is 1.59. The van der Waals surface area contributed by atoms with E-state index < -0.39 is 0 Å². The van der Waals surface area contributed by atoms with E-state index in [1.165, 1.54) is 0 Å². The number of ether oxygens (including phenoxy) is 2. The van der Waals surface area contributed by atoms with Crippen molar-refractivity contribution in [1.82, 2.24) is 5.32 Å². The first-order chi connectivity index (χ1) is 9.05. The van der Waals surface area contributed by atoms with Gasteiger partial charge in [0.2, 0.25) is 5.96 Å². The molecule has 6 nitrogen and oxygen atoms in total. The van der Waals surface area contributed by atoms with E-state index in [4.69, 9.17) is 15.2 Å². The molecule has 1 heterocycles. The highest BCUT2D eigenvalue weighted by Gasteiger charge is 2.18. The monoisotopic (exact) mass is 325 g/mol. The first-order valence-electron chi connectivity index (χ1n) is 5.34. The molecule has 0 fully saturated rings. The summed E-state index contributed by atoms with van der Waals surface area (Å²) in [7, 11) is 3.10. The number of halogens is 1. The Bertz CT molecular complexity index is 596. The summed E-state index contributed by atoms with van der Waals surface area (Å²) in [6, 6.07) is 3.50. The molecule has 1 amide bonds. The Morgan fingerprint density at radius 2 is 2.00 bits per heavy atom. The summed E-state index contributed by atoms with van der Waals surface area (Å²) >= 11 is 3.36. The lowest BCUT2D eigenvalue weighted by molar-refractivity contribution is -0.115. The largest absolute Gasteiger partial charge is 0.496 e. The van der Waals surface area contributed by atoms with E-state index >= 15 is 0 Å². The summed E-state index contributed by atoms with van der Waals surface area (Å²) in [5, 5.41) is 2.40. The number of benzene rings is 1. The van der Waals surface area contributed by atoms with Gasteiger partial charge in [-0.1, -0.05) is 0 Å². The molecule has 1 aliphatic rings. The van der Waals surface area contributed by atoms with E-state index in [0.29, 0.717) is 17.1 Å². The quantitative estimate of drug-likeness (QED) is 0.819. The van der Waals surface area contributed by atoms with Crippen LogP contribution in [-0.2, 0) is 4.79 Å². The smallest absolute Gasteiger partial charge is 0.276 e. The van der Waals surface area contributed by atoms with Gasteiger partial charge in [-0.3, -0.25) is 10.1 Å². The number of nitrogens with zero attached hydrogens (tertiary/aromatic N) is 1. The van der Waals surface area contributed by atoms with Gasteiger partial charge in [0.05, 0.1) is 18.7 Å². The number of nitrogens with two attached hydrogens (primary N) is 1. The number of nitrogens with one attached hydrogen (secondary N) is 1. The lowest BCUT2D eigenvalue weighted by Crippen LogP contribution is -2.30. The third-order valence-electron chi connectivity index (χ3n) is 2.51. The molecule has 1 aromatic carbocycles. The molecule has 0 atom stereocenters. The Kier molecular flexibility index (Phi) is 3.75. The van der Waals surface area contributed by atoms with Crippen molar-refractivity contribution in [2.45, 2.75) is 0 Å². The molecule has 2 rings (SSSR count). The van der Waals surface area contributed by atoms with Crippen molar-refractivity contribution in [1.29, 1.82) is 0 Å². The zero-order chi connectivity index (χ0) is 14.0. The number of amides is 1.